The van der Waals surface area contributed by atoms with E-state index in [1.54, 1.807) is 37.7 Å². The fraction of sp³-hybridized carbons (Fsp3) is 0.143. The molecule has 0 aromatic carbocycles. The molecular formula is C14H15N5OS. The van der Waals surface area contributed by atoms with Crippen molar-refractivity contribution in [2.75, 3.05) is 12.4 Å². The van der Waals surface area contributed by atoms with Gasteiger partial charge in [0.05, 0.1) is 12.1 Å². The third-order valence-electron chi connectivity index (χ3n) is 2.71. The van der Waals surface area contributed by atoms with E-state index in [0.29, 0.717) is 28.7 Å². The Balaban J connectivity index is 2.08. The van der Waals surface area contributed by atoms with Crippen LogP contribution in [-0.2, 0) is 6.42 Å². The van der Waals surface area contributed by atoms with Crippen LogP contribution in [0.2, 0.25) is 0 Å². The zero-order valence-corrected chi connectivity index (χ0v) is 12.3. The van der Waals surface area contributed by atoms with E-state index in [-0.39, 0.29) is 5.84 Å². The molecule has 6 nitrogen and oxygen atoms in total. The lowest BCUT2D eigenvalue weighted by Crippen LogP contribution is -2.16. The first-order valence-electron chi connectivity index (χ1n) is 6.18. The van der Waals surface area contributed by atoms with Gasteiger partial charge in [-0.2, -0.15) is 0 Å². The molecule has 0 atom stereocenters. The van der Waals surface area contributed by atoms with Gasteiger partial charge in [-0.1, -0.05) is 12.2 Å². The summed E-state index contributed by atoms with van der Waals surface area (Å²) in [6.07, 6.45) is 3.77. The van der Waals surface area contributed by atoms with E-state index in [1.807, 2.05) is 6.07 Å². The molecule has 0 amide bonds. The lowest BCUT2D eigenvalue weighted by atomic mass is 10.1. The number of thiocarbonyl (C=S) groups is 1. The molecule has 4 N–H and O–H groups in total. The number of amidine groups is 1. The minimum atomic E-state index is -0.0675. The van der Waals surface area contributed by atoms with Crippen molar-refractivity contribution >= 4 is 28.9 Å². The van der Waals surface area contributed by atoms with Gasteiger partial charge in [-0.15, -0.1) is 0 Å². The van der Waals surface area contributed by atoms with Gasteiger partial charge in [0, 0.05) is 18.8 Å². The number of nitrogens with one attached hydrogen (secondary N) is 2. The average Bonchev–Trinajstić information content (AvgIpc) is 2.48. The third-order valence-corrected chi connectivity index (χ3v) is 2.96. The number of aromatic nitrogens is 2. The number of rotatable bonds is 5. The molecular weight excluding hydrogens is 286 g/mol. The van der Waals surface area contributed by atoms with Crippen LogP contribution in [0, 0.1) is 5.41 Å². The lowest BCUT2D eigenvalue weighted by molar-refractivity contribution is 0.415. The number of methoxy groups -OCH3 is 1. The molecule has 0 unspecified atom stereocenters. The maximum atomic E-state index is 7.39. The van der Waals surface area contributed by atoms with E-state index in [1.165, 1.54) is 0 Å². The van der Waals surface area contributed by atoms with Crippen molar-refractivity contribution in [2.45, 2.75) is 6.42 Å². The Kier molecular flexibility index (Phi) is 4.78. The molecule has 0 aliphatic heterocycles. The van der Waals surface area contributed by atoms with E-state index in [2.05, 4.69) is 15.3 Å². The van der Waals surface area contributed by atoms with Gasteiger partial charge in [-0.25, -0.2) is 4.98 Å². The van der Waals surface area contributed by atoms with Crippen LogP contribution in [0.4, 0.5) is 5.82 Å². The highest BCUT2D eigenvalue weighted by atomic mass is 32.1. The molecule has 2 aromatic rings. The van der Waals surface area contributed by atoms with Crippen molar-refractivity contribution < 1.29 is 4.74 Å². The highest BCUT2D eigenvalue weighted by molar-refractivity contribution is 7.80. The molecule has 0 bridgehead atoms. The van der Waals surface area contributed by atoms with Crippen LogP contribution < -0.4 is 15.8 Å². The molecule has 2 aromatic heterocycles. The smallest absolute Gasteiger partial charge is 0.173 e. The number of nitrogens with two attached hydrogens (primary N) is 1. The second kappa shape index (κ2) is 6.76. The molecule has 0 aliphatic rings. The number of anilines is 1. The summed E-state index contributed by atoms with van der Waals surface area (Å²) in [5, 5.41) is 10.4. The Bertz CT molecular complexity index is 674. The van der Waals surface area contributed by atoms with Crippen LogP contribution in [0.1, 0.15) is 11.3 Å². The Labute approximate surface area is 127 Å². The van der Waals surface area contributed by atoms with Crippen molar-refractivity contribution in [1.29, 1.82) is 5.41 Å². The highest BCUT2D eigenvalue weighted by Gasteiger charge is 2.07. The van der Waals surface area contributed by atoms with Crippen molar-refractivity contribution in [3.8, 4) is 5.75 Å². The summed E-state index contributed by atoms with van der Waals surface area (Å²) in [6, 6.07) is 7.16. The number of pyridine rings is 2. The maximum absolute atomic E-state index is 7.39. The van der Waals surface area contributed by atoms with Gasteiger partial charge in [0.25, 0.3) is 0 Å². The maximum Gasteiger partial charge on any atom is 0.173 e. The monoisotopic (exact) mass is 301 g/mol. The molecule has 0 radical (unpaired) electrons. The topological polar surface area (TPSA) is 96.9 Å². The number of nitrogen functional groups attached to an aromatic ring is 1. The minimum absolute atomic E-state index is 0.0675. The van der Waals surface area contributed by atoms with Gasteiger partial charge < -0.3 is 15.8 Å². The van der Waals surface area contributed by atoms with E-state index in [0.717, 1.165) is 5.56 Å². The average molecular weight is 301 g/mol. The molecule has 0 saturated carbocycles. The molecule has 0 aliphatic carbocycles. The zero-order chi connectivity index (χ0) is 15.2. The van der Waals surface area contributed by atoms with Crippen LogP contribution in [0.5, 0.6) is 5.75 Å². The summed E-state index contributed by atoms with van der Waals surface area (Å²) in [5.74, 6) is 1.13. The fourth-order valence-corrected chi connectivity index (χ4v) is 2.01. The van der Waals surface area contributed by atoms with Crippen LogP contribution >= 0.6 is 12.2 Å². The first-order valence-corrected chi connectivity index (χ1v) is 6.59. The van der Waals surface area contributed by atoms with Crippen molar-refractivity contribution in [1.82, 2.24) is 9.97 Å². The summed E-state index contributed by atoms with van der Waals surface area (Å²) < 4.78 is 5.21. The summed E-state index contributed by atoms with van der Waals surface area (Å²) >= 11 is 5.32. The van der Waals surface area contributed by atoms with Gasteiger partial charge in [0.15, 0.2) is 11.6 Å². The van der Waals surface area contributed by atoms with Crippen molar-refractivity contribution in [3.05, 3.63) is 47.9 Å². The number of hydrogen-bond donors (Lipinski definition) is 3. The number of ether oxygens (including phenoxy) is 1. The van der Waals surface area contributed by atoms with Crippen LogP contribution in [0.3, 0.4) is 0 Å². The molecule has 0 spiro atoms. The zero-order valence-electron chi connectivity index (χ0n) is 11.5. The number of hydrogen-bond acceptors (Lipinski definition) is 5. The predicted molar refractivity (Wildman–Crippen MR) is 86.0 cm³/mol. The summed E-state index contributed by atoms with van der Waals surface area (Å²) in [5.41, 5.74) is 6.78. The second-order valence-electron chi connectivity index (χ2n) is 4.24. The highest BCUT2D eigenvalue weighted by Crippen LogP contribution is 2.20. The normalized spacial score (nSPS) is 9.95. The molecule has 2 heterocycles. The van der Waals surface area contributed by atoms with Crippen molar-refractivity contribution in [2.24, 2.45) is 5.73 Å². The van der Waals surface area contributed by atoms with Crippen molar-refractivity contribution in [3.63, 3.8) is 0 Å². The first-order chi connectivity index (χ1) is 10.1. The molecule has 108 valence electrons. The molecule has 0 saturated heterocycles. The van der Waals surface area contributed by atoms with E-state index in [4.69, 9.17) is 28.1 Å². The Morgan fingerprint density at radius 2 is 2.19 bits per heavy atom. The second-order valence-corrected chi connectivity index (χ2v) is 4.74. The van der Waals surface area contributed by atoms with Crippen LogP contribution in [0.25, 0.3) is 0 Å². The van der Waals surface area contributed by atoms with E-state index in [9.17, 15) is 0 Å². The minimum Gasteiger partial charge on any atom is -0.493 e. The largest absolute Gasteiger partial charge is 0.493 e. The Hall–Kier alpha value is -2.54. The molecule has 21 heavy (non-hydrogen) atoms. The lowest BCUT2D eigenvalue weighted by Gasteiger charge is -2.11. The molecule has 0 fully saturated rings. The Morgan fingerprint density at radius 1 is 1.38 bits per heavy atom. The molecule has 7 heteroatoms. The van der Waals surface area contributed by atoms with Gasteiger partial charge in [-0.05, 0) is 29.8 Å². The van der Waals surface area contributed by atoms with Crippen LogP contribution in [-0.4, -0.2) is 27.9 Å². The standard InChI is InChI=1S/C14H15N5OS/c1-20-11-3-2-5-18-14(11)19-12(21)8-9-4-6-17-10(7-9)13(15)16/h2-7H,8H2,1H3,(H3,15,16)(H,18,19,21). The predicted octanol–water partition coefficient (Wildman–Crippen LogP) is 1.75. The van der Waals surface area contributed by atoms with E-state index < -0.39 is 0 Å². The molecule has 2 rings (SSSR count). The quantitative estimate of drug-likeness (QED) is 0.442. The van der Waals surface area contributed by atoms with Gasteiger partial charge in [0.2, 0.25) is 0 Å². The summed E-state index contributed by atoms with van der Waals surface area (Å²) in [4.78, 5) is 8.79. The fourth-order valence-electron chi connectivity index (χ4n) is 1.74. The summed E-state index contributed by atoms with van der Waals surface area (Å²) in [6.45, 7) is 0. The third kappa shape index (κ3) is 3.96. The first kappa shape index (κ1) is 14.9. The SMILES string of the molecule is COc1cccnc1NC(=S)Cc1ccnc(C(=N)N)c1. The van der Waals surface area contributed by atoms with Gasteiger partial charge in [-0.3, -0.25) is 10.4 Å². The van der Waals surface area contributed by atoms with Gasteiger partial charge >= 0.3 is 0 Å². The number of nitrogens with zero attached hydrogens (tertiary/aromatic N) is 2. The van der Waals surface area contributed by atoms with E-state index >= 15 is 0 Å². The van der Waals surface area contributed by atoms with Gasteiger partial charge in [0.1, 0.15) is 11.5 Å². The van der Waals surface area contributed by atoms with Crippen LogP contribution in [0.15, 0.2) is 36.7 Å². The summed E-state index contributed by atoms with van der Waals surface area (Å²) in [7, 11) is 1.58. The Morgan fingerprint density at radius 3 is 2.90 bits per heavy atom.